The highest BCUT2D eigenvalue weighted by Gasteiger charge is 2.32. The minimum Gasteiger partial charge on any atom is -0.368 e. The predicted octanol–water partition coefficient (Wildman–Crippen LogP) is 0.591. The molecular formula is C16H21N3O3. The van der Waals surface area contributed by atoms with Crippen LogP contribution in [0, 0.1) is 6.92 Å². The van der Waals surface area contributed by atoms with Gasteiger partial charge in [-0.2, -0.15) is 0 Å². The molecule has 1 aromatic rings. The zero-order chi connectivity index (χ0) is 16.1. The van der Waals surface area contributed by atoms with E-state index in [0.29, 0.717) is 18.5 Å². The lowest BCUT2D eigenvalue weighted by Gasteiger charge is -2.22. The summed E-state index contributed by atoms with van der Waals surface area (Å²) in [7, 11) is 0. The third-order valence-electron chi connectivity index (χ3n) is 3.84. The molecule has 1 aliphatic heterocycles. The summed E-state index contributed by atoms with van der Waals surface area (Å²) in [5.74, 6) is -0.819. The average Bonchev–Trinajstić information content (AvgIpc) is 2.97. The number of hydrogen-bond donors (Lipinski definition) is 2. The minimum absolute atomic E-state index is 0.148. The Hall–Kier alpha value is -2.37. The molecule has 0 radical (unpaired) electrons. The van der Waals surface area contributed by atoms with Gasteiger partial charge in [0.15, 0.2) is 0 Å². The Kier molecular flexibility index (Phi) is 5.14. The topological polar surface area (TPSA) is 92.5 Å². The zero-order valence-corrected chi connectivity index (χ0v) is 12.7. The predicted molar refractivity (Wildman–Crippen MR) is 82.1 cm³/mol. The highest BCUT2D eigenvalue weighted by molar-refractivity contribution is 5.94. The van der Waals surface area contributed by atoms with E-state index in [-0.39, 0.29) is 24.8 Å². The number of carbonyl (C=O) groups is 3. The van der Waals surface area contributed by atoms with Crippen molar-refractivity contribution in [3.63, 3.8) is 0 Å². The van der Waals surface area contributed by atoms with E-state index in [1.807, 2.05) is 19.1 Å². The quantitative estimate of drug-likeness (QED) is 0.834. The first-order valence-corrected chi connectivity index (χ1v) is 7.42. The molecule has 0 aromatic heterocycles. The zero-order valence-electron chi connectivity index (χ0n) is 12.7. The Bertz CT molecular complexity index is 569. The van der Waals surface area contributed by atoms with E-state index in [1.165, 1.54) is 4.90 Å². The van der Waals surface area contributed by atoms with Crippen LogP contribution >= 0.6 is 0 Å². The molecule has 0 spiro atoms. The van der Waals surface area contributed by atoms with E-state index < -0.39 is 11.9 Å². The van der Waals surface area contributed by atoms with Gasteiger partial charge in [0.1, 0.15) is 6.04 Å². The van der Waals surface area contributed by atoms with Gasteiger partial charge >= 0.3 is 0 Å². The van der Waals surface area contributed by atoms with Crippen LogP contribution in [-0.2, 0) is 9.59 Å². The number of hydrogen-bond acceptors (Lipinski definition) is 3. The van der Waals surface area contributed by atoms with Crippen LogP contribution in [0.4, 0.5) is 0 Å². The molecule has 22 heavy (non-hydrogen) atoms. The highest BCUT2D eigenvalue weighted by Crippen LogP contribution is 2.17. The summed E-state index contributed by atoms with van der Waals surface area (Å²) >= 11 is 0. The van der Waals surface area contributed by atoms with Gasteiger partial charge in [-0.25, -0.2) is 0 Å². The fourth-order valence-electron chi connectivity index (χ4n) is 2.59. The van der Waals surface area contributed by atoms with Crippen molar-refractivity contribution in [2.45, 2.75) is 32.2 Å². The van der Waals surface area contributed by atoms with Gasteiger partial charge in [0.2, 0.25) is 11.8 Å². The highest BCUT2D eigenvalue weighted by atomic mass is 16.2. The molecular weight excluding hydrogens is 282 g/mol. The summed E-state index contributed by atoms with van der Waals surface area (Å²) in [5, 5.41) is 2.71. The van der Waals surface area contributed by atoms with Crippen LogP contribution in [0.25, 0.3) is 0 Å². The van der Waals surface area contributed by atoms with Crippen molar-refractivity contribution in [3.8, 4) is 0 Å². The lowest BCUT2D eigenvalue weighted by molar-refractivity contribution is -0.137. The van der Waals surface area contributed by atoms with Crippen LogP contribution in [0.15, 0.2) is 24.3 Å². The van der Waals surface area contributed by atoms with Crippen LogP contribution < -0.4 is 11.1 Å². The number of benzene rings is 1. The van der Waals surface area contributed by atoms with Crippen molar-refractivity contribution in [2.75, 3.05) is 13.1 Å². The molecule has 1 aromatic carbocycles. The molecule has 6 nitrogen and oxygen atoms in total. The first-order valence-electron chi connectivity index (χ1n) is 7.42. The van der Waals surface area contributed by atoms with Crippen molar-refractivity contribution >= 4 is 17.7 Å². The van der Waals surface area contributed by atoms with E-state index in [2.05, 4.69) is 5.32 Å². The summed E-state index contributed by atoms with van der Waals surface area (Å²) in [6.07, 6.45) is 1.58. The molecule has 0 aliphatic carbocycles. The summed E-state index contributed by atoms with van der Waals surface area (Å²) in [6, 6.07) is 6.72. The van der Waals surface area contributed by atoms with Crippen LogP contribution in [0.5, 0.6) is 0 Å². The number of amides is 3. The second kappa shape index (κ2) is 7.06. The maximum absolute atomic E-state index is 12.1. The second-order valence-corrected chi connectivity index (χ2v) is 5.52. The lowest BCUT2D eigenvalue weighted by Crippen LogP contribution is -2.44. The van der Waals surface area contributed by atoms with Crippen molar-refractivity contribution in [2.24, 2.45) is 5.73 Å². The third kappa shape index (κ3) is 3.84. The largest absolute Gasteiger partial charge is 0.368 e. The van der Waals surface area contributed by atoms with Crippen molar-refractivity contribution < 1.29 is 14.4 Å². The number of primary amides is 1. The SMILES string of the molecule is Cc1ccc(C(=O)NCCC(=O)N2CCC[C@H]2C(N)=O)cc1. The molecule has 1 aliphatic rings. The number of nitrogens with one attached hydrogen (secondary N) is 1. The molecule has 6 heteroatoms. The van der Waals surface area contributed by atoms with Crippen molar-refractivity contribution in [1.29, 1.82) is 0 Å². The maximum atomic E-state index is 12.1. The molecule has 1 heterocycles. The smallest absolute Gasteiger partial charge is 0.251 e. The van der Waals surface area contributed by atoms with Crippen molar-refractivity contribution in [1.82, 2.24) is 10.2 Å². The standard InChI is InChI=1S/C16H21N3O3/c1-11-4-6-12(7-5-11)16(22)18-9-8-14(20)19-10-2-3-13(19)15(17)21/h4-7,13H,2-3,8-10H2,1H3,(H2,17,21)(H,18,22)/t13-/m0/s1. The summed E-state index contributed by atoms with van der Waals surface area (Å²) in [5.41, 5.74) is 6.93. The summed E-state index contributed by atoms with van der Waals surface area (Å²) in [6.45, 7) is 2.75. The Balaban J connectivity index is 1.80. The van der Waals surface area contributed by atoms with Gasteiger partial charge in [0.25, 0.3) is 5.91 Å². The molecule has 1 saturated heterocycles. The van der Waals surface area contributed by atoms with Crippen LogP contribution in [0.2, 0.25) is 0 Å². The van der Waals surface area contributed by atoms with Crippen LogP contribution in [0.3, 0.4) is 0 Å². The molecule has 0 bridgehead atoms. The van der Waals surface area contributed by atoms with Gasteiger partial charge in [-0.05, 0) is 31.9 Å². The molecule has 3 N–H and O–H groups in total. The lowest BCUT2D eigenvalue weighted by atomic mass is 10.1. The molecule has 3 amide bonds. The minimum atomic E-state index is -0.500. The molecule has 1 fully saturated rings. The van der Waals surface area contributed by atoms with Gasteiger partial charge in [-0.1, -0.05) is 17.7 Å². The Morgan fingerprint density at radius 3 is 2.59 bits per heavy atom. The fourth-order valence-corrected chi connectivity index (χ4v) is 2.59. The number of aryl methyl sites for hydroxylation is 1. The Morgan fingerprint density at radius 1 is 1.27 bits per heavy atom. The number of rotatable bonds is 5. The molecule has 1 atom stereocenters. The molecule has 118 valence electrons. The van der Waals surface area contributed by atoms with Crippen molar-refractivity contribution in [3.05, 3.63) is 35.4 Å². The van der Waals surface area contributed by atoms with E-state index in [4.69, 9.17) is 5.73 Å². The summed E-state index contributed by atoms with van der Waals surface area (Å²) in [4.78, 5) is 36.8. The Morgan fingerprint density at radius 2 is 1.95 bits per heavy atom. The number of nitrogens with two attached hydrogens (primary N) is 1. The molecule has 2 rings (SSSR count). The van der Waals surface area contributed by atoms with Gasteiger partial charge in [0.05, 0.1) is 0 Å². The van der Waals surface area contributed by atoms with Crippen LogP contribution in [-0.4, -0.2) is 41.8 Å². The third-order valence-corrected chi connectivity index (χ3v) is 3.84. The number of carbonyl (C=O) groups excluding carboxylic acids is 3. The van der Waals surface area contributed by atoms with E-state index in [1.54, 1.807) is 12.1 Å². The van der Waals surface area contributed by atoms with Gasteiger partial charge in [-0.15, -0.1) is 0 Å². The molecule has 0 saturated carbocycles. The first-order chi connectivity index (χ1) is 10.5. The molecule has 0 unspecified atom stereocenters. The first kappa shape index (κ1) is 16.0. The summed E-state index contributed by atoms with van der Waals surface area (Å²) < 4.78 is 0. The van der Waals surface area contributed by atoms with Crippen LogP contribution in [0.1, 0.15) is 35.2 Å². The number of likely N-dealkylation sites (tertiary alicyclic amines) is 1. The Labute approximate surface area is 129 Å². The number of nitrogens with zero attached hydrogens (tertiary/aromatic N) is 1. The maximum Gasteiger partial charge on any atom is 0.251 e. The second-order valence-electron chi connectivity index (χ2n) is 5.52. The monoisotopic (exact) mass is 303 g/mol. The fraction of sp³-hybridized carbons (Fsp3) is 0.438. The van der Waals surface area contributed by atoms with Gasteiger partial charge in [-0.3, -0.25) is 14.4 Å². The van der Waals surface area contributed by atoms with E-state index in [9.17, 15) is 14.4 Å². The van der Waals surface area contributed by atoms with E-state index in [0.717, 1.165) is 12.0 Å². The van der Waals surface area contributed by atoms with Gasteiger partial charge in [0, 0.05) is 25.1 Å². The normalized spacial score (nSPS) is 17.3. The van der Waals surface area contributed by atoms with Gasteiger partial charge < -0.3 is 16.0 Å². The average molecular weight is 303 g/mol. The van der Waals surface area contributed by atoms with E-state index >= 15 is 0 Å².